The lowest BCUT2D eigenvalue weighted by atomic mass is 9.87. The van der Waals surface area contributed by atoms with Gasteiger partial charge in [0.15, 0.2) is 5.69 Å². The lowest BCUT2D eigenvalue weighted by molar-refractivity contribution is 0.0924. The SMILES string of the molecule is Cc1cc(=O)c(C(=O)N[C@@H]2CCCc3ccccc32)nn1-c1ccccc1F. The molecule has 6 heteroatoms. The molecule has 0 saturated carbocycles. The van der Waals surface area contributed by atoms with Crippen LogP contribution in [0.5, 0.6) is 0 Å². The van der Waals surface area contributed by atoms with Crippen LogP contribution in [0.4, 0.5) is 4.39 Å². The molecular formula is C22H20FN3O2. The molecule has 0 fully saturated rings. The highest BCUT2D eigenvalue weighted by atomic mass is 19.1. The Bertz CT molecular complexity index is 1110. The second kappa shape index (κ2) is 7.38. The van der Waals surface area contributed by atoms with E-state index in [-0.39, 0.29) is 17.4 Å². The minimum absolute atomic E-state index is 0.165. The van der Waals surface area contributed by atoms with Gasteiger partial charge in [0, 0.05) is 11.8 Å². The summed E-state index contributed by atoms with van der Waals surface area (Å²) in [7, 11) is 0. The predicted molar refractivity (Wildman–Crippen MR) is 104 cm³/mol. The van der Waals surface area contributed by atoms with E-state index in [0.717, 1.165) is 24.8 Å². The molecule has 0 spiro atoms. The van der Waals surface area contributed by atoms with Gasteiger partial charge in [-0.15, -0.1) is 0 Å². The second-order valence-corrected chi connectivity index (χ2v) is 6.98. The summed E-state index contributed by atoms with van der Waals surface area (Å²) in [6.07, 6.45) is 2.74. The van der Waals surface area contributed by atoms with E-state index in [1.165, 1.54) is 22.4 Å². The van der Waals surface area contributed by atoms with Crippen molar-refractivity contribution >= 4 is 5.91 Å². The molecule has 0 aliphatic heterocycles. The van der Waals surface area contributed by atoms with Gasteiger partial charge in [-0.3, -0.25) is 9.59 Å². The third-order valence-corrected chi connectivity index (χ3v) is 5.08. The van der Waals surface area contributed by atoms with Crippen molar-refractivity contribution in [3.63, 3.8) is 0 Å². The van der Waals surface area contributed by atoms with Crippen molar-refractivity contribution in [2.24, 2.45) is 0 Å². The van der Waals surface area contributed by atoms with Gasteiger partial charge in [-0.25, -0.2) is 9.07 Å². The Balaban J connectivity index is 1.68. The number of amides is 1. The quantitative estimate of drug-likeness (QED) is 0.760. The van der Waals surface area contributed by atoms with Gasteiger partial charge in [-0.1, -0.05) is 36.4 Å². The van der Waals surface area contributed by atoms with E-state index in [9.17, 15) is 14.0 Å². The Morgan fingerprint density at radius 3 is 2.75 bits per heavy atom. The van der Waals surface area contributed by atoms with E-state index in [1.54, 1.807) is 25.1 Å². The molecule has 2 aromatic carbocycles. The molecule has 1 aromatic heterocycles. The van der Waals surface area contributed by atoms with Gasteiger partial charge in [0.05, 0.1) is 6.04 Å². The zero-order valence-electron chi connectivity index (χ0n) is 15.5. The summed E-state index contributed by atoms with van der Waals surface area (Å²) < 4.78 is 15.5. The Morgan fingerprint density at radius 1 is 1.18 bits per heavy atom. The number of aromatic nitrogens is 2. The van der Waals surface area contributed by atoms with Crippen molar-refractivity contribution in [3.05, 3.63) is 93.2 Å². The first kappa shape index (κ1) is 18.1. The maximum atomic E-state index is 14.2. The van der Waals surface area contributed by atoms with Crippen molar-refractivity contribution in [2.75, 3.05) is 0 Å². The molecule has 1 amide bonds. The van der Waals surface area contributed by atoms with Gasteiger partial charge in [0.2, 0.25) is 5.43 Å². The Morgan fingerprint density at radius 2 is 1.93 bits per heavy atom. The van der Waals surface area contributed by atoms with Crippen LogP contribution in [0.1, 0.15) is 46.2 Å². The number of carbonyl (C=O) groups is 1. The van der Waals surface area contributed by atoms with E-state index in [1.807, 2.05) is 18.2 Å². The highest BCUT2D eigenvalue weighted by molar-refractivity contribution is 5.92. The normalized spacial score (nSPS) is 15.7. The number of hydrogen-bond acceptors (Lipinski definition) is 3. The fourth-order valence-electron chi connectivity index (χ4n) is 3.70. The summed E-state index contributed by atoms with van der Waals surface area (Å²) in [5.41, 5.74) is 2.21. The molecule has 0 saturated heterocycles. The summed E-state index contributed by atoms with van der Waals surface area (Å²) in [5.74, 6) is -1.02. The Hall–Kier alpha value is -3.28. The van der Waals surface area contributed by atoms with Crippen LogP contribution < -0.4 is 10.7 Å². The molecule has 1 aliphatic carbocycles. The van der Waals surface area contributed by atoms with Crippen molar-refractivity contribution in [3.8, 4) is 5.69 Å². The van der Waals surface area contributed by atoms with Crippen LogP contribution in [0, 0.1) is 12.7 Å². The zero-order chi connectivity index (χ0) is 19.7. The van der Waals surface area contributed by atoms with Crippen LogP contribution in [0.2, 0.25) is 0 Å². The van der Waals surface area contributed by atoms with Crippen molar-refractivity contribution in [2.45, 2.75) is 32.2 Å². The van der Waals surface area contributed by atoms with Crippen molar-refractivity contribution < 1.29 is 9.18 Å². The average Bonchev–Trinajstić information content (AvgIpc) is 2.69. The molecule has 5 nitrogen and oxygen atoms in total. The van der Waals surface area contributed by atoms with E-state index in [0.29, 0.717) is 5.69 Å². The summed E-state index contributed by atoms with van der Waals surface area (Å²) in [4.78, 5) is 25.2. The van der Waals surface area contributed by atoms with Gasteiger partial charge in [-0.2, -0.15) is 5.10 Å². The molecule has 28 heavy (non-hydrogen) atoms. The highest BCUT2D eigenvalue weighted by Crippen LogP contribution is 2.29. The smallest absolute Gasteiger partial charge is 0.276 e. The van der Waals surface area contributed by atoms with Crippen LogP contribution in [-0.2, 0) is 6.42 Å². The van der Waals surface area contributed by atoms with Gasteiger partial charge in [0.25, 0.3) is 5.91 Å². The van der Waals surface area contributed by atoms with Gasteiger partial charge in [0.1, 0.15) is 11.5 Å². The molecule has 1 N–H and O–H groups in total. The number of fused-ring (bicyclic) bond motifs is 1. The molecular weight excluding hydrogens is 357 g/mol. The first-order valence-electron chi connectivity index (χ1n) is 9.29. The second-order valence-electron chi connectivity index (χ2n) is 6.98. The maximum absolute atomic E-state index is 14.2. The van der Waals surface area contributed by atoms with Crippen LogP contribution in [-0.4, -0.2) is 15.7 Å². The minimum Gasteiger partial charge on any atom is -0.344 e. The van der Waals surface area contributed by atoms with Crippen LogP contribution in [0.3, 0.4) is 0 Å². The fourth-order valence-corrected chi connectivity index (χ4v) is 3.70. The van der Waals surface area contributed by atoms with Crippen molar-refractivity contribution in [1.29, 1.82) is 0 Å². The van der Waals surface area contributed by atoms with E-state index in [4.69, 9.17) is 0 Å². The van der Waals surface area contributed by atoms with Gasteiger partial charge in [-0.05, 0) is 49.4 Å². The number of nitrogens with zero attached hydrogens (tertiary/aromatic N) is 2. The number of hydrogen-bond donors (Lipinski definition) is 1. The molecule has 3 aromatic rings. The summed E-state index contributed by atoms with van der Waals surface area (Å²) in [5, 5.41) is 7.11. The number of para-hydroxylation sites is 1. The fraction of sp³-hybridized carbons (Fsp3) is 0.227. The molecule has 4 rings (SSSR count). The van der Waals surface area contributed by atoms with Crippen LogP contribution in [0.25, 0.3) is 5.69 Å². The third-order valence-electron chi connectivity index (χ3n) is 5.08. The first-order valence-corrected chi connectivity index (χ1v) is 9.29. The van der Waals surface area contributed by atoms with Gasteiger partial charge >= 0.3 is 0 Å². The molecule has 0 unspecified atom stereocenters. The predicted octanol–water partition coefficient (Wildman–Crippen LogP) is 3.49. The summed E-state index contributed by atoms with van der Waals surface area (Å²) >= 11 is 0. The zero-order valence-corrected chi connectivity index (χ0v) is 15.5. The largest absolute Gasteiger partial charge is 0.344 e. The van der Waals surface area contributed by atoms with E-state index >= 15 is 0 Å². The van der Waals surface area contributed by atoms with Crippen molar-refractivity contribution in [1.82, 2.24) is 15.1 Å². The highest BCUT2D eigenvalue weighted by Gasteiger charge is 2.24. The van der Waals surface area contributed by atoms with Crippen LogP contribution >= 0.6 is 0 Å². The number of halogens is 1. The molecule has 142 valence electrons. The minimum atomic E-state index is -0.545. The Kier molecular flexibility index (Phi) is 4.77. The lowest BCUT2D eigenvalue weighted by Crippen LogP contribution is -2.35. The number of nitrogens with one attached hydrogen (secondary N) is 1. The monoisotopic (exact) mass is 377 g/mol. The third kappa shape index (κ3) is 3.33. The number of aryl methyl sites for hydroxylation is 2. The van der Waals surface area contributed by atoms with Gasteiger partial charge < -0.3 is 5.32 Å². The molecule has 1 heterocycles. The standard InChI is InChI=1S/C22H20FN3O2/c1-14-13-20(27)21(25-26(14)19-12-5-4-10-17(19)23)22(28)24-18-11-6-8-15-7-2-3-9-16(15)18/h2-5,7,9-10,12-13,18H,6,8,11H2,1H3,(H,24,28)/t18-/m1/s1. The lowest BCUT2D eigenvalue weighted by Gasteiger charge is -2.26. The Labute approximate surface area is 161 Å². The topological polar surface area (TPSA) is 64.0 Å². The number of carbonyl (C=O) groups excluding carboxylic acids is 1. The maximum Gasteiger partial charge on any atom is 0.276 e. The summed E-state index contributed by atoms with van der Waals surface area (Å²) in [6, 6.07) is 15.2. The van der Waals surface area contributed by atoms with E-state index < -0.39 is 17.2 Å². The van der Waals surface area contributed by atoms with E-state index in [2.05, 4.69) is 16.5 Å². The molecule has 0 radical (unpaired) electrons. The summed E-state index contributed by atoms with van der Waals surface area (Å²) in [6.45, 7) is 1.65. The van der Waals surface area contributed by atoms with Crippen LogP contribution in [0.15, 0.2) is 59.4 Å². The molecule has 1 atom stereocenters. The number of rotatable bonds is 3. The molecule has 0 bridgehead atoms. The molecule has 1 aliphatic rings. The number of benzene rings is 2. The average molecular weight is 377 g/mol. The first-order chi connectivity index (χ1) is 13.5.